The van der Waals surface area contributed by atoms with E-state index in [-0.39, 0.29) is 21.1 Å². The Morgan fingerprint density at radius 3 is 1.19 bits per heavy atom. The molecule has 1 unspecified atom stereocenters. The number of nitrogens with one attached hydrogen (secondary N) is 1. The molecule has 0 aliphatic carbocycles. The minimum Gasteiger partial charge on any atom is -0.296 e. The number of carbonyl (C=O) groups excluding carboxylic acids is 2. The lowest BCUT2D eigenvalue weighted by atomic mass is 10.1. The first-order chi connectivity index (χ1) is 9.04. The average Bonchev–Trinajstić information content (AvgIpc) is 2.59. The number of hydrogen-bond donors (Lipinski definition) is 1. The number of hydrogen-bond acceptors (Lipinski definition) is 2. The Labute approximate surface area is 113 Å². The van der Waals surface area contributed by atoms with Crippen molar-refractivity contribution in [3.63, 3.8) is 0 Å². The summed E-state index contributed by atoms with van der Waals surface area (Å²) in [6.45, 7) is 0. The van der Waals surface area contributed by atoms with Gasteiger partial charge in [0.05, 0.1) is 0 Å². The van der Waals surface area contributed by atoms with Crippen molar-refractivity contribution in [2.24, 2.45) is 0 Å². The van der Waals surface area contributed by atoms with E-state index in [2.05, 4.69) is 5.32 Å². The molecule has 0 aromatic rings. The van der Waals surface area contributed by atoms with Crippen molar-refractivity contribution in [3.05, 3.63) is 0 Å². The fourth-order valence-electron chi connectivity index (χ4n) is 0.895. The van der Waals surface area contributed by atoms with Crippen molar-refractivity contribution in [1.82, 2.24) is 5.32 Å². The maximum absolute atomic E-state index is 12.0. The molecule has 1 fully saturated rings. The zero-order valence-corrected chi connectivity index (χ0v) is 10.9. The predicted molar refractivity (Wildman–Crippen MR) is 53.0 cm³/mol. The highest BCUT2D eigenvalue weighted by atomic mass is 31.0. The third-order valence-electron chi connectivity index (χ3n) is 2.03. The van der Waals surface area contributed by atoms with Gasteiger partial charge in [-0.15, -0.1) is 0 Å². The molecule has 0 radical (unpaired) electrons. The average molecular weight is 351 g/mol. The Bertz CT molecular complexity index is 377. The molecule has 0 aromatic heterocycles. The number of halogens is 9. The van der Waals surface area contributed by atoms with Crippen LogP contribution in [0.4, 0.5) is 39.5 Å². The predicted octanol–water partition coefficient (Wildman–Crippen LogP) is 2.71. The minimum atomic E-state index is -6.79. The Morgan fingerprint density at radius 1 is 0.762 bits per heavy atom. The van der Waals surface area contributed by atoms with E-state index in [1.807, 2.05) is 0 Å². The summed E-state index contributed by atoms with van der Waals surface area (Å²) in [6.07, 6.45) is -5.99. The molecule has 0 aromatic carbocycles. The van der Waals surface area contributed by atoms with Gasteiger partial charge in [-0.3, -0.25) is 14.9 Å². The summed E-state index contributed by atoms with van der Waals surface area (Å²) >= 11 is 0. The van der Waals surface area contributed by atoms with Crippen LogP contribution in [-0.2, 0) is 9.59 Å². The number of alkyl halides is 9. The van der Waals surface area contributed by atoms with Crippen LogP contribution in [0, 0.1) is 0 Å². The van der Waals surface area contributed by atoms with E-state index in [0.29, 0.717) is 12.8 Å². The van der Waals surface area contributed by atoms with Crippen molar-refractivity contribution in [3.8, 4) is 0 Å². The van der Waals surface area contributed by atoms with Crippen LogP contribution in [0.3, 0.4) is 0 Å². The maximum atomic E-state index is 12.0. The van der Waals surface area contributed by atoms with Gasteiger partial charge >= 0.3 is 23.7 Å². The van der Waals surface area contributed by atoms with Crippen LogP contribution in [0.5, 0.6) is 0 Å². The topological polar surface area (TPSA) is 46.2 Å². The van der Waals surface area contributed by atoms with Gasteiger partial charge in [-0.05, 0) is 0 Å². The molecule has 0 spiro atoms. The molecular weight excluding hydrogens is 344 g/mol. The molecule has 21 heavy (non-hydrogen) atoms. The van der Waals surface area contributed by atoms with Crippen LogP contribution in [-0.4, -0.2) is 35.5 Å². The van der Waals surface area contributed by atoms with Crippen LogP contribution in [0.1, 0.15) is 12.8 Å². The van der Waals surface area contributed by atoms with E-state index < -0.39 is 23.7 Å². The van der Waals surface area contributed by atoms with Crippen molar-refractivity contribution >= 4 is 21.1 Å². The lowest BCUT2D eigenvalue weighted by Crippen LogP contribution is -2.58. The van der Waals surface area contributed by atoms with Gasteiger partial charge in [-0.2, -0.15) is 39.5 Å². The van der Waals surface area contributed by atoms with Crippen molar-refractivity contribution in [1.29, 1.82) is 0 Å². The molecule has 1 aliphatic heterocycles. The molecule has 1 aliphatic rings. The summed E-state index contributed by atoms with van der Waals surface area (Å²) in [6, 6.07) is 0. The fourth-order valence-corrected chi connectivity index (χ4v) is 1.08. The van der Waals surface area contributed by atoms with Crippen molar-refractivity contribution < 1.29 is 49.1 Å². The summed E-state index contributed by atoms with van der Waals surface area (Å²) in [5, 5.41) is 2.14. The number of imide groups is 1. The molecule has 1 atom stereocenters. The molecule has 1 heterocycles. The van der Waals surface area contributed by atoms with Gasteiger partial charge in [-0.1, -0.05) is 9.24 Å². The fraction of sp³-hybridized carbons (Fsp3) is 0.750. The van der Waals surface area contributed by atoms with Gasteiger partial charge < -0.3 is 0 Å². The van der Waals surface area contributed by atoms with E-state index in [1.54, 1.807) is 0 Å². The smallest absolute Gasteiger partial charge is 0.296 e. The zero-order chi connectivity index (χ0) is 17.3. The molecule has 0 bridgehead atoms. The monoisotopic (exact) mass is 351 g/mol. The van der Waals surface area contributed by atoms with Crippen LogP contribution >= 0.6 is 9.24 Å². The maximum Gasteiger partial charge on any atom is 0.460 e. The number of carbonyl (C=O) groups is 2. The minimum absolute atomic E-state index is 0.0576. The second-order valence-electron chi connectivity index (χ2n) is 3.74. The summed E-state index contributed by atoms with van der Waals surface area (Å²) < 4.78 is 105. The molecule has 1 saturated heterocycles. The van der Waals surface area contributed by atoms with Gasteiger partial charge in [0.1, 0.15) is 0 Å². The molecule has 13 heteroatoms. The molecule has 1 rings (SSSR count). The molecule has 124 valence electrons. The standard InChI is InChI=1S/C4H2F9P.C4H5NO2/c5-1(6,3(9,10)11)2(7,8)4(12,13)14;6-3-1-2-4(7)5-3/h14H2;1-2H2,(H,5,6,7). The highest BCUT2D eigenvalue weighted by Gasteiger charge is 2.80. The largest absolute Gasteiger partial charge is 0.460 e. The normalized spacial score (nSPS) is 17.2. The summed E-state index contributed by atoms with van der Waals surface area (Å²) in [5.74, 6) is -13.6. The second kappa shape index (κ2) is 5.98. The first-order valence-corrected chi connectivity index (χ1v) is 5.43. The van der Waals surface area contributed by atoms with Crippen molar-refractivity contribution in [2.75, 3.05) is 0 Å². The zero-order valence-electron chi connectivity index (χ0n) is 9.71. The quantitative estimate of drug-likeness (QED) is 0.473. The van der Waals surface area contributed by atoms with Crippen LogP contribution in [0.2, 0.25) is 0 Å². The van der Waals surface area contributed by atoms with Gasteiger partial charge in [0, 0.05) is 12.8 Å². The van der Waals surface area contributed by atoms with Crippen LogP contribution < -0.4 is 5.32 Å². The SMILES string of the molecule is FC(F)(F)C(F)(F)C(F)(F)C(F)(F)P.O=C1CCC(=O)N1. The molecule has 2 amide bonds. The van der Waals surface area contributed by atoms with Gasteiger partial charge in [0.15, 0.2) is 0 Å². The third kappa shape index (κ3) is 4.45. The highest BCUT2D eigenvalue weighted by molar-refractivity contribution is 7.18. The molecule has 1 N–H and O–H groups in total. The van der Waals surface area contributed by atoms with Crippen LogP contribution in [0.15, 0.2) is 0 Å². The Kier molecular flexibility index (Phi) is 5.67. The summed E-state index contributed by atoms with van der Waals surface area (Å²) in [7, 11) is -0.0576. The Balaban J connectivity index is 0.000000471. The van der Waals surface area contributed by atoms with Gasteiger partial charge in [0.2, 0.25) is 11.8 Å². The number of rotatable bonds is 2. The first-order valence-electron chi connectivity index (χ1n) is 4.85. The molecular formula is C8H7F9NO2P. The van der Waals surface area contributed by atoms with Gasteiger partial charge in [-0.25, -0.2) is 0 Å². The van der Waals surface area contributed by atoms with E-state index in [9.17, 15) is 49.1 Å². The molecule has 3 nitrogen and oxygen atoms in total. The van der Waals surface area contributed by atoms with Gasteiger partial charge in [0.25, 0.3) is 0 Å². The lowest BCUT2D eigenvalue weighted by molar-refractivity contribution is -0.381. The third-order valence-corrected chi connectivity index (χ3v) is 2.39. The second-order valence-corrected chi connectivity index (χ2v) is 4.47. The number of amides is 2. The van der Waals surface area contributed by atoms with Crippen molar-refractivity contribution in [2.45, 2.75) is 36.5 Å². The van der Waals surface area contributed by atoms with E-state index in [1.165, 1.54) is 0 Å². The summed E-state index contributed by atoms with van der Waals surface area (Å²) in [5.41, 5.74) is -5.55. The summed E-state index contributed by atoms with van der Waals surface area (Å²) in [4.78, 5) is 20.2. The Morgan fingerprint density at radius 2 is 1.10 bits per heavy atom. The van der Waals surface area contributed by atoms with E-state index in [0.717, 1.165) is 0 Å². The van der Waals surface area contributed by atoms with E-state index >= 15 is 0 Å². The first kappa shape index (κ1) is 19.9. The Hall–Kier alpha value is -1.06. The van der Waals surface area contributed by atoms with Crippen LogP contribution in [0.25, 0.3) is 0 Å². The lowest BCUT2D eigenvalue weighted by Gasteiger charge is -2.31. The highest BCUT2D eigenvalue weighted by Crippen LogP contribution is 2.54. The van der Waals surface area contributed by atoms with E-state index in [4.69, 9.17) is 0 Å². The molecule has 0 saturated carbocycles.